The highest BCUT2D eigenvalue weighted by Crippen LogP contribution is 2.66. The van der Waals surface area contributed by atoms with E-state index in [9.17, 15) is 0 Å². The molecule has 1 aliphatic carbocycles. The molecule has 0 spiro atoms. The molecule has 2 aromatic carbocycles. The van der Waals surface area contributed by atoms with Crippen LogP contribution in [-0.4, -0.2) is 47.7 Å². The van der Waals surface area contributed by atoms with E-state index in [4.69, 9.17) is 0 Å². The first kappa shape index (κ1) is 33.3. The minimum Gasteiger partial charge on any atom is -0.338 e. The smallest absolute Gasteiger partial charge is 0.338 e. The lowest BCUT2D eigenvalue weighted by molar-refractivity contribution is -0.254. The highest BCUT2D eigenvalue weighted by molar-refractivity contribution is 7.16. The molecule has 6 nitrogen and oxygen atoms in total. The number of benzene rings is 2. The summed E-state index contributed by atoms with van der Waals surface area (Å²) in [5.41, 5.74) is 1.46. The number of alkyl halides is 6. The topological polar surface area (TPSA) is 83.1 Å². The number of rotatable bonds is 6. The predicted molar refractivity (Wildman–Crippen MR) is 196 cm³/mol. The lowest BCUT2D eigenvalue weighted by Crippen LogP contribution is -2.48. The number of aromatic amines is 2. The van der Waals surface area contributed by atoms with Gasteiger partial charge in [0.2, 0.25) is 0 Å². The van der Waals surface area contributed by atoms with Crippen LogP contribution in [0.3, 0.4) is 0 Å². The average Bonchev–Trinajstić information content (AvgIpc) is 3.96. The SMILES string of the molecule is Cc1sc(-c2cc(-c3nc4ccccc4[nH]3)ccn2)cc1C1=C(c2cc(-c3cc(-c4nc5ccccc5[nH]4)ccn3)sc2C)C(F)(F)C(F)(F)C1(F)F. The van der Waals surface area contributed by atoms with Crippen molar-refractivity contribution >= 4 is 55.9 Å². The van der Waals surface area contributed by atoms with E-state index in [1.807, 2.05) is 48.5 Å². The molecule has 9 rings (SSSR count). The van der Waals surface area contributed by atoms with E-state index in [0.717, 1.165) is 44.7 Å². The van der Waals surface area contributed by atoms with Gasteiger partial charge in [0, 0.05) is 44.4 Å². The Hall–Kier alpha value is -5.60. The minimum absolute atomic E-state index is 0.157. The van der Waals surface area contributed by atoms with E-state index >= 15 is 26.3 Å². The van der Waals surface area contributed by atoms with Crippen LogP contribution in [-0.2, 0) is 0 Å². The van der Waals surface area contributed by atoms with Gasteiger partial charge in [-0.1, -0.05) is 24.3 Å². The van der Waals surface area contributed by atoms with E-state index in [1.54, 1.807) is 24.3 Å². The normalized spacial score (nSPS) is 16.3. The molecular weight excluding hydrogens is 731 g/mol. The van der Waals surface area contributed by atoms with Gasteiger partial charge in [0.1, 0.15) is 11.6 Å². The van der Waals surface area contributed by atoms with Crippen LogP contribution in [0.15, 0.2) is 97.3 Å². The summed E-state index contributed by atoms with van der Waals surface area (Å²) in [5.74, 6) is -15.0. The second-order valence-electron chi connectivity index (χ2n) is 12.7. The largest absolute Gasteiger partial charge is 0.380 e. The number of imidazole rings is 2. The average molecular weight is 755 g/mol. The van der Waals surface area contributed by atoms with Crippen LogP contribution >= 0.6 is 22.7 Å². The zero-order valence-electron chi connectivity index (χ0n) is 27.6. The minimum atomic E-state index is -5.70. The van der Waals surface area contributed by atoms with Crippen LogP contribution in [0.25, 0.3) is 77.1 Å². The van der Waals surface area contributed by atoms with Crippen LogP contribution in [0.1, 0.15) is 20.9 Å². The number of hydrogen-bond donors (Lipinski definition) is 2. The molecule has 6 aromatic heterocycles. The molecule has 0 saturated carbocycles. The zero-order valence-corrected chi connectivity index (χ0v) is 29.2. The van der Waals surface area contributed by atoms with Gasteiger partial charge in [-0.2, -0.15) is 26.3 Å². The van der Waals surface area contributed by atoms with E-state index < -0.39 is 40.0 Å². The molecule has 8 aromatic rings. The molecule has 53 heavy (non-hydrogen) atoms. The highest BCUT2D eigenvalue weighted by Gasteiger charge is 2.80. The number of para-hydroxylation sites is 4. The number of H-pyrrole nitrogens is 2. The van der Waals surface area contributed by atoms with E-state index in [1.165, 1.54) is 38.4 Å². The Kier molecular flexibility index (Phi) is 7.34. The Labute approximate surface area is 305 Å². The predicted octanol–water partition coefficient (Wildman–Crippen LogP) is 11.5. The quantitative estimate of drug-likeness (QED) is 0.166. The van der Waals surface area contributed by atoms with Crippen LogP contribution in [0.5, 0.6) is 0 Å². The molecule has 2 N–H and O–H groups in total. The molecule has 0 radical (unpaired) electrons. The van der Waals surface area contributed by atoms with Gasteiger partial charge in [0.25, 0.3) is 0 Å². The maximum atomic E-state index is 15.9. The summed E-state index contributed by atoms with van der Waals surface area (Å²) in [5, 5.41) is 0. The second-order valence-corrected chi connectivity index (χ2v) is 15.2. The number of hydrogen-bond acceptors (Lipinski definition) is 6. The van der Waals surface area contributed by atoms with E-state index in [2.05, 4.69) is 29.9 Å². The number of nitrogens with one attached hydrogen (secondary N) is 2. The lowest BCUT2D eigenvalue weighted by atomic mass is 9.95. The van der Waals surface area contributed by atoms with Crippen molar-refractivity contribution in [3.63, 3.8) is 0 Å². The molecule has 0 bridgehead atoms. The van der Waals surface area contributed by atoms with Crippen molar-refractivity contribution in [1.82, 2.24) is 29.9 Å². The summed E-state index contributed by atoms with van der Waals surface area (Å²) < 4.78 is 94.5. The summed E-state index contributed by atoms with van der Waals surface area (Å²) >= 11 is 2.00. The van der Waals surface area contributed by atoms with Crippen LogP contribution in [0, 0.1) is 13.8 Å². The number of allylic oxidation sites excluding steroid dienone is 2. The van der Waals surface area contributed by atoms with Crippen LogP contribution in [0.4, 0.5) is 26.3 Å². The van der Waals surface area contributed by atoms with Crippen LogP contribution in [0.2, 0.25) is 0 Å². The molecule has 0 amide bonds. The van der Waals surface area contributed by atoms with Crippen molar-refractivity contribution in [3.8, 4) is 43.9 Å². The van der Waals surface area contributed by atoms with Crippen molar-refractivity contribution in [2.45, 2.75) is 31.6 Å². The van der Waals surface area contributed by atoms with Gasteiger partial charge in [-0.25, -0.2) is 9.97 Å². The Morgan fingerprint density at radius 1 is 0.547 bits per heavy atom. The molecule has 0 aliphatic heterocycles. The van der Waals surface area contributed by atoms with Crippen molar-refractivity contribution < 1.29 is 26.3 Å². The fourth-order valence-corrected chi connectivity index (χ4v) is 8.74. The number of pyridine rings is 2. The molecular formula is C39H24F6N6S2. The van der Waals surface area contributed by atoms with Crippen LogP contribution < -0.4 is 0 Å². The number of aromatic nitrogens is 6. The molecule has 264 valence electrons. The monoisotopic (exact) mass is 754 g/mol. The van der Waals surface area contributed by atoms with Gasteiger partial charge in [-0.3, -0.25) is 9.97 Å². The summed E-state index contributed by atoms with van der Waals surface area (Å²) in [6, 6.07) is 24.1. The molecule has 0 atom stereocenters. The van der Waals surface area contributed by atoms with Gasteiger partial charge in [0.15, 0.2) is 0 Å². The first-order valence-electron chi connectivity index (χ1n) is 16.3. The number of halogens is 6. The van der Waals surface area contributed by atoms with Crippen molar-refractivity contribution in [2.75, 3.05) is 0 Å². The molecule has 0 unspecified atom stereocenters. The molecule has 1 aliphatic rings. The summed E-state index contributed by atoms with van der Waals surface area (Å²) in [6.07, 6.45) is 3.02. The first-order valence-corrected chi connectivity index (χ1v) is 17.9. The number of thiophene rings is 2. The van der Waals surface area contributed by atoms with Crippen molar-refractivity contribution in [2.24, 2.45) is 0 Å². The molecule has 14 heteroatoms. The highest BCUT2D eigenvalue weighted by atomic mass is 32.1. The van der Waals surface area contributed by atoms with Crippen molar-refractivity contribution in [1.29, 1.82) is 0 Å². The van der Waals surface area contributed by atoms with E-state index in [0.29, 0.717) is 43.9 Å². The van der Waals surface area contributed by atoms with Gasteiger partial charge in [0.05, 0.1) is 43.2 Å². The fourth-order valence-electron chi connectivity index (χ4n) is 6.75. The number of aryl methyl sites for hydroxylation is 2. The molecule has 6 heterocycles. The van der Waals surface area contributed by atoms with Gasteiger partial charge in [-0.15, -0.1) is 22.7 Å². The van der Waals surface area contributed by atoms with Gasteiger partial charge >= 0.3 is 17.8 Å². The third kappa shape index (κ3) is 5.06. The van der Waals surface area contributed by atoms with E-state index in [-0.39, 0.29) is 9.75 Å². The Bertz CT molecular complexity index is 2520. The number of nitrogens with zero attached hydrogens (tertiary/aromatic N) is 4. The first-order chi connectivity index (χ1) is 25.3. The summed E-state index contributed by atoms with van der Waals surface area (Å²) in [7, 11) is 0. The zero-order chi connectivity index (χ0) is 36.9. The Morgan fingerprint density at radius 2 is 0.962 bits per heavy atom. The molecule has 0 fully saturated rings. The lowest BCUT2D eigenvalue weighted by Gasteiger charge is -2.25. The third-order valence-electron chi connectivity index (χ3n) is 9.39. The fraction of sp³-hybridized carbons (Fsp3) is 0.128. The number of fused-ring (bicyclic) bond motifs is 2. The standard InChI is InChI=1S/C39H24F6N6S2/c1-19-23(17-31(52-19)29-15-21(11-13-46-29)35-48-25-7-3-4-8-26(25)49-35)33-34(38(42,43)39(44,45)37(33,40)41)24-18-32(53-20(24)2)30-16-22(12-14-47-30)36-50-27-9-5-6-10-28(27)51-36/h3-18H,1-2H3,(H,48,49)(H,50,51). The Morgan fingerprint density at radius 3 is 1.38 bits per heavy atom. The maximum Gasteiger partial charge on any atom is 0.380 e. The third-order valence-corrected chi connectivity index (χ3v) is 11.5. The van der Waals surface area contributed by atoms with Gasteiger partial charge in [-0.05, 0) is 85.6 Å². The van der Waals surface area contributed by atoms with Crippen molar-refractivity contribution in [3.05, 3.63) is 118 Å². The molecule has 0 saturated heterocycles. The summed E-state index contributed by atoms with van der Waals surface area (Å²) in [6.45, 7) is 2.89. The Balaban J connectivity index is 1.15. The summed E-state index contributed by atoms with van der Waals surface area (Å²) in [4.78, 5) is 25.4. The van der Waals surface area contributed by atoms with Gasteiger partial charge < -0.3 is 9.97 Å². The maximum absolute atomic E-state index is 15.9. The second kappa shape index (κ2) is 11.7.